The van der Waals surface area contributed by atoms with E-state index in [0.29, 0.717) is 12.4 Å². The molecule has 0 saturated carbocycles. The summed E-state index contributed by atoms with van der Waals surface area (Å²) < 4.78 is 6.02. The molecule has 1 N–H and O–H groups in total. The SMILES string of the molecule is COC(=O)/C=C/NCc1ncn(C)n1. The van der Waals surface area contributed by atoms with Crippen LogP contribution in [0.1, 0.15) is 5.82 Å². The fourth-order valence-corrected chi connectivity index (χ4v) is 0.810. The molecular weight excluding hydrogens is 184 g/mol. The molecule has 0 unspecified atom stereocenters. The predicted molar refractivity (Wildman–Crippen MR) is 49.0 cm³/mol. The van der Waals surface area contributed by atoms with Crippen LogP contribution >= 0.6 is 0 Å². The van der Waals surface area contributed by atoms with Gasteiger partial charge in [-0.2, -0.15) is 5.10 Å². The Balaban J connectivity index is 2.28. The van der Waals surface area contributed by atoms with Crippen molar-refractivity contribution in [3.63, 3.8) is 0 Å². The second kappa shape index (κ2) is 5.00. The van der Waals surface area contributed by atoms with Crippen molar-refractivity contribution >= 4 is 5.97 Å². The molecule has 1 rings (SSSR count). The number of ether oxygens (including phenoxy) is 1. The van der Waals surface area contributed by atoms with E-state index in [2.05, 4.69) is 20.1 Å². The van der Waals surface area contributed by atoms with Crippen LogP contribution in [0, 0.1) is 0 Å². The summed E-state index contributed by atoms with van der Waals surface area (Å²) in [4.78, 5) is 14.6. The lowest BCUT2D eigenvalue weighted by atomic mass is 10.5. The topological polar surface area (TPSA) is 69.0 Å². The van der Waals surface area contributed by atoms with Gasteiger partial charge in [0.2, 0.25) is 0 Å². The highest BCUT2D eigenvalue weighted by molar-refractivity contribution is 5.81. The molecule has 6 heteroatoms. The largest absolute Gasteiger partial charge is 0.466 e. The first-order chi connectivity index (χ1) is 6.72. The van der Waals surface area contributed by atoms with Gasteiger partial charge in [-0.25, -0.2) is 9.78 Å². The number of esters is 1. The van der Waals surface area contributed by atoms with Crippen LogP contribution in [0.5, 0.6) is 0 Å². The number of nitrogens with one attached hydrogen (secondary N) is 1. The lowest BCUT2D eigenvalue weighted by molar-refractivity contribution is -0.134. The zero-order valence-corrected chi connectivity index (χ0v) is 8.10. The summed E-state index contributed by atoms with van der Waals surface area (Å²) in [6, 6.07) is 0. The van der Waals surface area contributed by atoms with Gasteiger partial charge in [-0.05, 0) is 0 Å². The second-order valence-corrected chi connectivity index (χ2v) is 2.57. The molecule has 1 aromatic heterocycles. The number of methoxy groups -OCH3 is 1. The third-order valence-electron chi connectivity index (χ3n) is 1.45. The summed E-state index contributed by atoms with van der Waals surface area (Å²) >= 11 is 0. The van der Waals surface area contributed by atoms with Gasteiger partial charge in [0, 0.05) is 19.3 Å². The fraction of sp³-hybridized carbons (Fsp3) is 0.375. The maximum Gasteiger partial charge on any atom is 0.331 e. The first kappa shape index (κ1) is 10.2. The van der Waals surface area contributed by atoms with Gasteiger partial charge in [0.15, 0.2) is 5.82 Å². The molecule has 0 bridgehead atoms. The number of aromatic nitrogens is 3. The van der Waals surface area contributed by atoms with Crippen LogP contribution in [0.25, 0.3) is 0 Å². The lowest BCUT2D eigenvalue weighted by Gasteiger charge is -1.94. The number of carbonyl (C=O) groups excluding carboxylic acids is 1. The van der Waals surface area contributed by atoms with Gasteiger partial charge < -0.3 is 10.1 Å². The Hall–Kier alpha value is -1.85. The van der Waals surface area contributed by atoms with E-state index >= 15 is 0 Å². The summed E-state index contributed by atoms with van der Waals surface area (Å²) in [6.45, 7) is 0.480. The Bertz CT molecular complexity index is 332. The summed E-state index contributed by atoms with van der Waals surface area (Å²) in [6.07, 6.45) is 4.41. The van der Waals surface area contributed by atoms with E-state index in [4.69, 9.17) is 0 Å². The average molecular weight is 196 g/mol. The zero-order valence-electron chi connectivity index (χ0n) is 8.10. The maximum atomic E-state index is 10.6. The number of carbonyl (C=O) groups is 1. The van der Waals surface area contributed by atoms with Crippen LogP contribution < -0.4 is 5.32 Å². The first-order valence-electron chi connectivity index (χ1n) is 4.05. The van der Waals surface area contributed by atoms with Crippen LogP contribution in [-0.2, 0) is 23.1 Å². The van der Waals surface area contributed by atoms with E-state index in [9.17, 15) is 4.79 Å². The molecule has 0 saturated heterocycles. The molecule has 14 heavy (non-hydrogen) atoms. The van der Waals surface area contributed by atoms with Gasteiger partial charge in [0.1, 0.15) is 6.33 Å². The van der Waals surface area contributed by atoms with Gasteiger partial charge in [-0.3, -0.25) is 4.68 Å². The molecule has 0 atom stereocenters. The van der Waals surface area contributed by atoms with Crippen molar-refractivity contribution in [3.05, 3.63) is 24.4 Å². The van der Waals surface area contributed by atoms with Gasteiger partial charge in [0.05, 0.1) is 13.7 Å². The van der Waals surface area contributed by atoms with E-state index in [-0.39, 0.29) is 0 Å². The Morgan fingerprint density at radius 1 is 1.79 bits per heavy atom. The van der Waals surface area contributed by atoms with Crippen molar-refractivity contribution < 1.29 is 9.53 Å². The van der Waals surface area contributed by atoms with Crippen molar-refractivity contribution in [3.8, 4) is 0 Å². The maximum absolute atomic E-state index is 10.6. The number of hydrogen-bond donors (Lipinski definition) is 1. The van der Waals surface area contributed by atoms with E-state index < -0.39 is 5.97 Å². The molecule has 0 radical (unpaired) electrons. The minimum Gasteiger partial charge on any atom is -0.466 e. The van der Waals surface area contributed by atoms with E-state index in [1.54, 1.807) is 18.1 Å². The molecule has 0 aliphatic rings. The van der Waals surface area contributed by atoms with Crippen molar-refractivity contribution in [1.29, 1.82) is 0 Å². The number of aryl methyl sites for hydroxylation is 1. The summed E-state index contributed by atoms with van der Waals surface area (Å²) in [7, 11) is 3.12. The molecule has 76 valence electrons. The van der Waals surface area contributed by atoms with E-state index in [0.717, 1.165) is 0 Å². The van der Waals surface area contributed by atoms with Crippen LogP contribution in [-0.4, -0.2) is 27.8 Å². The zero-order chi connectivity index (χ0) is 10.4. The lowest BCUT2D eigenvalue weighted by Crippen LogP contribution is -2.08. The highest BCUT2D eigenvalue weighted by Crippen LogP contribution is 1.86. The third kappa shape index (κ3) is 3.26. The monoisotopic (exact) mass is 196 g/mol. The summed E-state index contributed by atoms with van der Waals surface area (Å²) in [5, 5.41) is 6.90. The van der Waals surface area contributed by atoms with Crippen LogP contribution in [0.4, 0.5) is 0 Å². The van der Waals surface area contributed by atoms with Crippen LogP contribution in [0.3, 0.4) is 0 Å². The molecule has 0 amide bonds. The smallest absolute Gasteiger partial charge is 0.331 e. The second-order valence-electron chi connectivity index (χ2n) is 2.57. The van der Waals surface area contributed by atoms with Crippen molar-refractivity contribution in [2.75, 3.05) is 7.11 Å². The predicted octanol–water partition coefficient (Wildman–Crippen LogP) is -0.409. The van der Waals surface area contributed by atoms with Crippen molar-refractivity contribution in [2.45, 2.75) is 6.54 Å². The average Bonchev–Trinajstić information content (AvgIpc) is 2.58. The minimum atomic E-state index is -0.397. The van der Waals surface area contributed by atoms with E-state index in [1.165, 1.54) is 19.4 Å². The summed E-state index contributed by atoms with van der Waals surface area (Å²) in [5.41, 5.74) is 0. The summed E-state index contributed by atoms with van der Waals surface area (Å²) in [5.74, 6) is 0.272. The van der Waals surface area contributed by atoms with Crippen LogP contribution in [0.15, 0.2) is 18.6 Å². The van der Waals surface area contributed by atoms with Gasteiger partial charge in [-0.15, -0.1) is 0 Å². The molecule has 0 aliphatic heterocycles. The number of nitrogens with zero attached hydrogens (tertiary/aromatic N) is 3. The Morgan fingerprint density at radius 2 is 2.57 bits per heavy atom. The molecule has 6 nitrogen and oxygen atoms in total. The molecule has 1 heterocycles. The first-order valence-corrected chi connectivity index (χ1v) is 4.05. The number of hydrogen-bond acceptors (Lipinski definition) is 5. The van der Waals surface area contributed by atoms with Crippen molar-refractivity contribution in [2.24, 2.45) is 7.05 Å². The highest BCUT2D eigenvalue weighted by atomic mass is 16.5. The highest BCUT2D eigenvalue weighted by Gasteiger charge is 1.95. The standard InChI is InChI=1S/C8H12N4O2/c1-12-6-10-7(11-12)5-9-4-3-8(13)14-2/h3-4,6,9H,5H2,1-2H3/b4-3+. The molecule has 0 aliphatic carbocycles. The Labute approximate surface area is 81.6 Å². The molecular formula is C8H12N4O2. The van der Waals surface area contributed by atoms with Gasteiger partial charge in [0.25, 0.3) is 0 Å². The van der Waals surface area contributed by atoms with E-state index in [1.807, 2.05) is 0 Å². The fourth-order valence-electron chi connectivity index (χ4n) is 0.810. The molecule has 0 spiro atoms. The Morgan fingerprint density at radius 3 is 3.14 bits per heavy atom. The van der Waals surface area contributed by atoms with Crippen molar-refractivity contribution in [1.82, 2.24) is 20.1 Å². The van der Waals surface area contributed by atoms with Gasteiger partial charge >= 0.3 is 5.97 Å². The molecule has 1 aromatic rings. The van der Waals surface area contributed by atoms with Crippen LogP contribution in [0.2, 0.25) is 0 Å². The molecule has 0 fully saturated rings. The third-order valence-corrected chi connectivity index (χ3v) is 1.45. The molecule has 0 aromatic carbocycles. The number of rotatable bonds is 4. The van der Waals surface area contributed by atoms with Gasteiger partial charge in [-0.1, -0.05) is 0 Å². The minimum absolute atomic E-state index is 0.397. The Kier molecular flexibility index (Phi) is 3.66. The quantitative estimate of drug-likeness (QED) is 0.523. The normalized spacial score (nSPS) is 10.4.